The summed E-state index contributed by atoms with van der Waals surface area (Å²) in [7, 11) is 0. The molecule has 0 amide bonds. The number of fused-ring (bicyclic) bond motifs is 2. The highest BCUT2D eigenvalue weighted by molar-refractivity contribution is 5.10. The summed E-state index contributed by atoms with van der Waals surface area (Å²) in [5, 5.41) is 0. The van der Waals surface area contributed by atoms with E-state index in [1.165, 1.54) is 12.8 Å². The Morgan fingerprint density at radius 3 is 2.92 bits per heavy atom. The van der Waals surface area contributed by atoms with Gasteiger partial charge in [-0.1, -0.05) is 12.2 Å². The van der Waals surface area contributed by atoms with Crippen molar-refractivity contribution in [2.75, 3.05) is 0 Å². The molecule has 3 atom stereocenters. The van der Waals surface area contributed by atoms with Crippen LogP contribution in [-0.2, 0) is 6.54 Å². The zero-order chi connectivity index (χ0) is 8.67. The number of rotatable bonds is 2. The molecular weight excluding hydrogens is 160 g/mol. The van der Waals surface area contributed by atoms with Gasteiger partial charge in [0.25, 0.3) is 0 Å². The molecule has 0 spiro atoms. The molecule has 1 aromatic heterocycles. The molecule has 1 fully saturated rings. The smallest absolute Gasteiger partial charge is 0.0946 e. The molecule has 0 radical (unpaired) electrons. The molecule has 1 saturated carbocycles. The summed E-state index contributed by atoms with van der Waals surface area (Å²) >= 11 is 0. The van der Waals surface area contributed by atoms with Crippen LogP contribution in [0.4, 0.5) is 0 Å². The summed E-state index contributed by atoms with van der Waals surface area (Å²) in [6.07, 6.45) is 13.5. The molecule has 2 heteroatoms. The van der Waals surface area contributed by atoms with Gasteiger partial charge in [0.1, 0.15) is 0 Å². The van der Waals surface area contributed by atoms with Crippen LogP contribution in [0.25, 0.3) is 0 Å². The van der Waals surface area contributed by atoms with Gasteiger partial charge in [-0.15, -0.1) is 0 Å². The highest BCUT2D eigenvalue weighted by atomic mass is 15.0. The maximum absolute atomic E-state index is 4.07. The lowest BCUT2D eigenvalue weighted by Crippen LogP contribution is -2.13. The van der Waals surface area contributed by atoms with E-state index in [1.807, 2.05) is 12.5 Å². The monoisotopic (exact) mass is 174 g/mol. The van der Waals surface area contributed by atoms with Gasteiger partial charge in [0.2, 0.25) is 0 Å². The third-order valence-electron chi connectivity index (χ3n) is 3.42. The molecule has 1 aromatic rings. The van der Waals surface area contributed by atoms with Crippen LogP contribution < -0.4 is 0 Å². The van der Waals surface area contributed by atoms with E-state index in [4.69, 9.17) is 0 Å². The molecular formula is C11H14N2. The van der Waals surface area contributed by atoms with Crippen molar-refractivity contribution in [2.24, 2.45) is 17.8 Å². The fourth-order valence-corrected chi connectivity index (χ4v) is 2.77. The molecule has 2 nitrogen and oxygen atoms in total. The van der Waals surface area contributed by atoms with Gasteiger partial charge >= 0.3 is 0 Å². The highest BCUT2D eigenvalue weighted by Gasteiger charge is 2.35. The predicted octanol–water partition coefficient (Wildman–Crippen LogP) is 2.10. The van der Waals surface area contributed by atoms with Crippen LogP contribution in [0.5, 0.6) is 0 Å². The second-order valence-electron chi connectivity index (χ2n) is 4.30. The topological polar surface area (TPSA) is 17.8 Å². The maximum atomic E-state index is 4.07. The van der Waals surface area contributed by atoms with Crippen molar-refractivity contribution in [1.82, 2.24) is 9.55 Å². The van der Waals surface area contributed by atoms with Crippen molar-refractivity contribution in [3.63, 3.8) is 0 Å². The van der Waals surface area contributed by atoms with Crippen LogP contribution in [0.1, 0.15) is 12.8 Å². The number of hydrogen-bond donors (Lipinski definition) is 0. The Kier molecular flexibility index (Phi) is 1.54. The minimum Gasteiger partial charge on any atom is -0.337 e. The van der Waals surface area contributed by atoms with Crippen molar-refractivity contribution >= 4 is 0 Å². The molecule has 13 heavy (non-hydrogen) atoms. The van der Waals surface area contributed by atoms with E-state index >= 15 is 0 Å². The molecule has 0 aliphatic heterocycles. The first kappa shape index (κ1) is 7.36. The molecule has 3 unspecified atom stereocenters. The van der Waals surface area contributed by atoms with Gasteiger partial charge in [-0.05, 0) is 30.6 Å². The van der Waals surface area contributed by atoms with E-state index < -0.39 is 0 Å². The summed E-state index contributed by atoms with van der Waals surface area (Å²) in [5.74, 6) is 2.61. The lowest BCUT2D eigenvalue weighted by Gasteiger charge is -2.17. The fraction of sp³-hybridized carbons (Fsp3) is 0.545. The second-order valence-corrected chi connectivity index (χ2v) is 4.30. The Labute approximate surface area is 78.3 Å². The average molecular weight is 174 g/mol. The molecule has 3 rings (SSSR count). The van der Waals surface area contributed by atoms with E-state index in [0.29, 0.717) is 0 Å². The first-order valence-corrected chi connectivity index (χ1v) is 5.06. The molecule has 68 valence electrons. The van der Waals surface area contributed by atoms with E-state index in [-0.39, 0.29) is 0 Å². The Morgan fingerprint density at radius 2 is 2.31 bits per heavy atom. The third kappa shape index (κ3) is 1.21. The van der Waals surface area contributed by atoms with Crippen molar-refractivity contribution < 1.29 is 0 Å². The first-order chi connectivity index (χ1) is 6.42. The molecule has 1 heterocycles. The maximum Gasteiger partial charge on any atom is 0.0946 e. The van der Waals surface area contributed by atoms with Crippen LogP contribution in [0, 0.1) is 17.8 Å². The molecule has 2 aliphatic carbocycles. The summed E-state index contributed by atoms with van der Waals surface area (Å²) in [6, 6.07) is 0. The highest BCUT2D eigenvalue weighted by Crippen LogP contribution is 2.43. The van der Waals surface area contributed by atoms with Gasteiger partial charge in [0.05, 0.1) is 6.33 Å². The van der Waals surface area contributed by atoms with Crippen LogP contribution >= 0.6 is 0 Å². The largest absolute Gasteiger partial charge is 0.337 e. The number of aromatic nitrogens is 2. The third-order valence-corrected chi connectivity index (χ3v) is 3.42. The van der Waals surface area contributed by atoms with Crippen molar-refractivity contribution in [2.45, 2.75) is 19.4 Å². The normalized spacial score (nSPS) is 35.8. The van der Waals surface area contributed by atoms with Gasteiger partial charge in [-0.25, -0.2) is 4.98 Å². The van der Waals surface area contributed by atoms with Crippen molar-refractivity contribution in [3.8, 4) is 0 Å². The Morgan fingerprint density at radius 1 is 1.31 bits per heavy atom. The Bertz CT molecular complexity index is 313. The van der Waals surface area contributed by atoms with Gasteiger partial charge in [0, 0.05) is 18.9 Å². The fourth-order valence-electron chi connectivity index (χ4n) is 2.77. The van der Waals surface area contributed by atoms with E-state index in [9.17, 15) is 0 Å². The second kappa shape index (κ2) is 2.72. The van der Waals surface area contributed by atoms with E-state index in [0.717, 1.165) is 24.3 Å². The lowest BCUT2D eigenvalue weighted by molar-refractivity contribution is 0.384. The number of hydrogen-bond acceptors (Lipinski definition) is 1. The number of imidazole rings is 1. The lowest BCUT2D eigenvalue weighted by atomic mass is 9.94. The SMILES string of the molecule is C1=CC2CC1CC2Cn1ccnc1. The summed E-state index contributed by atoms with van der Waals surface area (Å²) < 4.78 is 2.21. The predicted molar refractivity (Wildman–Crippen MR) is 51.1 cm³/mol. The van der Waals surface area contributed by atoms with Gasteiger partial charge < -0.3 is 4.57 Å². The minimum atomic E-state index is 0.854. The van der Waals surface area contributed by atoms with Crippen LogP contribution in [0.2, 0.25) is 0 Å². The zero-order valence-corrected chi connectivity index (χ0v) is 7.63. The van der Waals surface area contributed by atoms with Crippen molar-refractivity contribution in [1.29, 1.82) is 0 Å². The van der Waals surface area contributed by atoms with Crippen LogP contribution in [-0.4, -0.2) is 9.55 Å². The van der Waals surface area contributed by atoms with Crippen molar-refractivity contribution in [3.05, 3.63) is 30.9 Å². The number of allylic oxidation sites excluding steroid dienone is 2. The zero-order valence-electron chi connectivity index (χ0n) is 7.63. The van der Waals surface area contributed by atoms with Crippen LogP contribution in [0.15, 0.2) is 30.9 Å². The van der Waals surface area contributed by atoms with Crippen LogP contribution in [0.3, 0.4) is 0 Å². The van der Waals surface area contributed by atoms with Gasteiger partial charge in [-0.2, -0.15) is 0 Å². The quantitative estimate of drug-likeness (QED) is 0.628. The van der Waals surface area contributed by atoms with E-state index in [1.54, 1.807) is 0 Å². The average Bonchev–Trinajstić information content (AvgIpc) is 2.77. The number of nitrogens with zero attached hydrogens (tertiary/aromatic N) is 2. The molecule has 0 N–H and O–H groups in total. The Hall–Kier alpha value is -1.05. The summed E-state index contributed by atoms with van der Waals surface area (Å²) in [4.78, 5) is 4.07. The Balaban J connectivity index is 1.72. The summed E-state index contributed by atoms with van der Waals surface area (Å²) in [6.45, 7) is 1.16. The minimum absolute atomic E-state index is 0.854. The van der Waals surface area contributed by atoms with E-state index in [2.05, 4.69) is 27.9 Å². The molecule has 2 bridgehead atoms. The first-order valence-electron chi connectivity index (χ1n) is 5.06. The molecule has 2 aliphatic rings. The summed E-state index contributed by atoms with van der Waals surface area (Å²) in [5.41, 5.74) is 0. The molecule has 0 aromatic carbocycles. The molecule has 0 saturated heterocycles. The standard InChI is InChI=1S/C11H14N2/c1-2-10-5-9(1)6-11(10)7-13-4-3-12-8-13/h1-4,8-11H,5-7H2. The van der Waals surface area contributed by atoms with Gasteiger partial charge in [-0.3, -0.25) is 0 Å². The van der Waals surface area contributed by atoms with Gasteiger partial charge in [0.15, 0.2) is 0 Å².